The average molecular weight is 718 g/mol. The third-order valence-corrected chi connectivity index (χ3v) is 12.0. The quantitative estimate of drug-likeness (QED) is 0.178. The van der Waals surface area contributed by atoms with Gasteiger partial charge in [0.2, 0.25) is 0 Å². The highest BCUT2D eigenvalue weighted by atomic mass is 32.1. The Labute approximate surface area is 321 Å². The van der Waals surface area contributed by atoms with E-state index >= 15 is 0 Å². The third kappa shape index (κ3) is 5.30. The molecule has 3 nitrogen and oxygen atoms in total. The van der Waals surface area contributed by atoms with E-state index in [1.807, 2.05) is 0 Å². The average Bonchev–Trinajstić information content (AvgIpc) is 3.64. The van der Waals surface area contributed by atoms with E-state index in [1.54, 1.807) is 11.3 Å². The van der Waals surface area contributed by atoms with Crippen LogP contribution >= 0.6 is 11.3 Å². The van der Waals surface area contributed by atoms with Crippen LogP contribution < -0.4 is 0 Å². The van der Waals surface area contributed by atoms with E-state index in [-0.39, 0.29) is 0 Å². The molecule has 0 unspecified atom stereocenters. The molecule has 4 heteroatoms. The van der Waals surface area contributed by atoms with E-state index in [1.165, 1.54) is 41.7 Å². The van der Waals surface area contributed by atoms with Crippen molar-refractivity contribution in [1.82, 2.24) is 15.0 Å². The van der Waals surface area contributed by atoms with Crippen LogP contribution in [0.2, 0.25) is 0 Å². The number of aromatic nitrogens is 3. The molecule has 0 radical (unpaired) electrons. The van der Waals surface area contributed by atoms with Gasteiger partial charge in [0, 0.05) is 36.9 Å². The molecule has 11 rings (SSSR count). The Hall–Kier alpha value is -7.01. The maximum Gasteiger partial charge on any atom is 0.165 e. The highest BCUT2D eigenvalue weighted by molar-refractivity contribution is 7.26. The van der Waals surface area contributed by atoms with Gasteiger partial charge in [0.15, 0.2) is 17.5 Å². The molecular formula is C51H31N3S. The molecule has 256 valence electrons. The topological polar surface area (TPSA) is 38.7 Å². The Morgan fingerprint density at radius 1 is 0.309 bits per heavy atom. The number of fused-ring (bicyclic) bond motifs is 6. The normalized spacial score (nSPS) is 11.6. The third-order valence-electron chi connectivity index (χ3n) is 10.7. The molecule has 0 amide bonds. The smallest absolute Gasteiger partial charge is 0.165 e. The summed E-state index contributed by atoms with van der Waals surface area (Å²) in [6.07, 6.45) is 0. The van der Waals surface area contributed by atoms with Gasteiger partial charge in [-0.15, -0.1) is 11.3 Å². The minimum atomic E-state index is 0.638. The van der Waals surface area contributed by atoms with Gasteiger partial charge >= 0.3 is 0 Å². The zero-order chi connectivity index (χ0) is 36.3. The van der Waals surface area contributed by atoms with Crippen LogP contribution in [0.4, 0.5) is 0 Å². The number of thiophene rings is 1. The number of rotatable bonds is 5. The van der Waals surface area contributed by atoms with Gasteiger partial charge in [-0.25, -0.2) is 15.0 Å². The number of hydrogen-bond donors (Lipinski definition) is 0. The Bertz CT molecular complexity index is 3280. The fourth-order valence-corrected chi connectivity index (χ4v) is 9.35. The summed E-state index contributed by atoms with van der Waals surface area (Å²) in [4.78, 5) is 16.3. The minimum absolute atomic E-state index is 0.638. The first kappa shape index (κ1) is 31.5. The van der Waals surface area contributed by atoms with E-state index in [9.17, 15) is 0 Å². The van der Waals surface area contributed by atoms with Gasteiger partial charge in [0.25, 0.3) is 0 Å². The summed E-state index contributed by atoms with van der Waals surface area (Å²) < 4.78 is 2.41. The monoisotopic (exact) mass is 717 g/mol. The number of nitrogens with zero attached hydrogens (tertiary/aromatic N) is 3. The minimum Gasteiger partial charge on any atom is -0.208 e. The Morgan fingerprint density at radius 3 is 1.71 bits per heavy atom. The summed E-state index contributed by atoms with van der Waals surface area (Å²) in [5.41, 5.74) is 7.37. The summed E-state index contributed by atoms with van der Waals surface area (Å²) in [5, 5.41) is 9.46. The van der Waals surface area contributed by atoms with Gasteiger partial charge in [0.05, 0.1) is 0 Å². The zero-order valence-corrected chi connectivity index (χ0v) is 30.5. The fraction of sp³-hybridized carbons (Fsp3) is 0. The lowest BCUT2D eigenvalue weighted by molar-refractivity contribution is 1.08. The van der Waals surface area contributed by atoms with E-state index < -0.39 is 0 Å². The second-order valence-electron chi connectivity index (χ2n) is 13.9. The second kappa shape index (κ2) is 12.8. The van der Waals surface area contributed by atoms with E-state index in [0.29, 0.717) is 17.5 Å². The molecular weight excluding hydrogens is 687 g/mol. The molecule has 0 N–H and O–H groups in total. The van der Waals surface area contributed by atoms with Gasteiger partial charge in [-0.2, -0.15) is 0 Å². The Balaban J connectivity index is 1.23. The summed E-state index contributed by atoms with van der Waals surface area (Å²) in [6, 6.07) is 66.9. The molecule has 11 aromatic rings. The Kier molecular flexibility index (Phi) is 7.35. The summed E-state index contributed by atoms with van der Waals surface area (Å²) >= 11 is 1.79. The predicted octanol–water partition coefficient (Wildman–Crippen LogP) is 14.0. The standard InChI is InChI=1S/C51H31N3S/c1-2-16-35-31-36(28-27-32(35)13-1)38-19-7-8-22-44(38)49-52-50(45-25-12-24-43-41-21-9-10-26-46(41)55-48(43)45)54-51(53-49)47-39-20-6-4-15-34(39)29-30-42(47)40-23-11-17-33-14-3-5-18-37(33)40/h1-31H. The molecule has 2 aromatic heterocycles. The Morgan fingerprint density at radius 2 is 0.855 bits per heavy atom. The lowest BCUT2D eigenvalue weighted by atomic mass is 9.90. The van der Waals surface area contributed by atoms with Crippen molar-refractivity contribution in [3.05, 3.63) is 188 Å². The molecule has 0 atom stereocenters. The lowest BCUT2D eigenvalue weighted by Gasteiger charge is -2.17. The van der Waals surface area contributed by atoms with Gasteiger partial charge in [-0.1, -0.05) is 170 Å². The van der Waals surface area contributed by atoms with Crippen LogP contribution in [0.1, 0.15) is 0 Å². The molecule has 0 spiro atoms. The van der Waals surface area contributed by atoms with Crippen LogP contribution in [-0.4, -0.2) is 15.0 Å². The van der Waals surface area contributed by atoms with Gasteiger partial charge in [0.1, 0.15) is 0 Å². The van der Waals surface area contributed by atoms with Crippen LogP contribution in [0, 0.1) is 0 Å². The van der Waals surface area contributed by atoms with Crippen molar-refractivity contribution < 1.29 is 0 Å². The summed E-state index contributed by atoms with van der Waals surface area (Å²) in [6.45, 7) is 0. The zero-order valence-electron chi connectivity index (χ0n) is 29.6. The molecule has 0 aliphatic heterocycles. The van der Waals surface area contributed by atoms with Crippen molar-refractivity contribution >= 4 is 63.8 Å². The maximum absolute atomic E-state index is 5.47. The van der Waals surface area contributed by atoms with Crippen LogP contribution in [0.3, 0.4) is 0 Å². The first-order valence-corrected chi connectivity index (χ1v) is 19.3. The van der Waals surface area contributed by atoms with Gasteiger partial charge in [-0.3, -0.25) is 0 Å². The molecule has 2 heterocycles. The van der Waals surface area contributed by atoms with Crippen LogP contribution in [0.15, 0.2) is 188 Å². The van der Waals surface area contributed by atoms with Crippen molar-refractivity contribution in [3.8, 4) is 56.4 Å². The van der Waals surface area contributed by atoms with Crippen molar-refractivity contribution in [2.45, 2.75) is 0 Å². The largest absolute Gasteiger partial charge is 0.208 e. The van der Waals surface area contributed by atoms with Gasteiger partial charge in [-0.05, 0) is 72.8 Å². The van der Waals surface area contributed by atoms with Crippen molar-refractivity contribution in [2.24, 2.45) is 0 Å². The van der Waals surface area contributed by atoms with E-state index in [4.69, 9.17) is 15.0 Å². The molecule has 0 saturated heterocycles. The maximum atomic E-state index is 5.47. The number of benzene rings is 9. The van der Waals surface area contributed by atoms with Gasteiger partial charge < -0.3 is 0 Å². The van der Waals surface area contributed by atoms with Crippen LogP contribution in [0.5, 0.6) is 0 Å². The van der Waals surface area contributed by atoms with Crippen LogP contribution in [0.25, 0.3) is 109 Å². The van der Waals surface area contributed by atoms with Crippen molar-refractivity contribution in [3.63, 3.8) is 0 Å². The first-order chi connectivity index (χ1) is 27.3. The molecule has 0 bridgehead atoms. The molecule has 0 aliphatic carbocycles. The molecule has 0 fully saturated rings. The summed E-state index contributed by atoms with van der Waals surface area (Å²) in [7, 11) is 0. The number of hydrogen-bond acceptors (Lipinski definition) is 4. The molecule has 9 aromatic carbocycles. The fourth-order valence-electron chi connectivity index (χ4n) is 8.14. The highest BCUT2D eigenvalue weighted by Gasteiger charge is 2.22. The first-order valence-electron chi connectivity index (χ1n) is 18.5. The molecule has 0 aliphatic rings. The molecule has 0 saturated carbocycles. The van der Waals surface area contributed by atoms with Crippen molar-refractivity contribution in [1.29, 1.82) is 0 Å². The predicted molar refractivity (Wildman–Crippen MR) is 232 cm³/mol. The molecule has 55 heavy (non-hydrogen) atoms. The second-order valence-corrected chi connectivity index (χ2v) is 15.0. The SMILES string of the molecule is c1ccc(-c2nc(-c3c(-c4cccc5ccccc45)ccc4ccccc34)nc(-c3cccc4c3sc3ccccc34)n2)c(-c2ccc3ccccc3c2)c1. The van der Waals surface area contributed by atoms with E-state index in [2.05, 4.69) is 188 Å². The van der Waals surface area contributed by atoms with E-state index in [0.717, 1.165) is 49.7 Å². The van der Waals surface area contributed by atoms with Crippen molar-refractivity contribution in [2.75, 3.05) is 0 Å². The van der Waals surface area contributed by atoms with Crippen LogP contribution in [-0.2, 0) is 0 Å². The summed E-state index contributed by atoms with van der Waals surface area (Å²) in [5.74, 6) is 1.94. The lowest BCUT2D eigenvalue weighted by Crippen LogP contribution is -2.02. The highest BCUT2D eigenvalue weighted by Crippen LogP contribution is 2.43.